The van der Waals surface area contributed by atoms with Crippen molar-refractivity contribution in [2.45, 2.75) is 0 Å². The zero-order chi connectivity index (χ0) is 5.70. The van der Waals surface area contributed by atoms with Crippen molar-refractivity contribution in [3.05, 3.63) is 0 Å². The van der Waals surface area contributed by atoms with Crippen LogP contribution < -0.4 is 0 Å². The van der Waals surface area contributed by atoms with Crippen molar-refractivity contribution in [3.63, 3.8) is 0 Å². The minimum atomic E-state index is 1.01. The first-order valence-electron chi connectivity index (χ1n) is 1.87. The predicted octanol–water partition coefficient (Wildman–Crippen LogP) is 2.04. The molecule has 0 aromatic rings. The monoisotopic (exact) mass is 152 g/mol. The highest BCUT2D eigenvalue weighted by Gasteiger charge is 1.87. The van der Waals surface area contributed by atoms with Gasteiger partial charge in [-0.25, -0.2) is 0 Å². The van der Waals surface area contributed by atoms with Crippen molar-refractivity contribution in [2.24, 2.45) is 0 Å². The minimum absolute atomic E-state index is 1.01. The van der Waals surface area contributed by atoms with Crippen LogP contribution in [0.2, 0.25) is 0 Å². The van der Waals surface area contributed by atoms with Crippen LogP contribution in [-0.4, -0.2) is 22.5 Å². The first kappa shape index (κ1) is 7.79. The summed E-state index contributed by atoms with van der Waals surface area (Å²) in [6.07, 6.45) is 4.07. The molecule has 0 spiro atoms. The molecule has 0 aromatic carbocycles. The van der Waals surface area contributed by atoms with Gasteiger partial charge in [0.1, 0.15) is 0 Å². The van der Waals surface area contributed by atoms with Crippen LogP contribution in [0.15, 0.2) is 0 Å². The van der Waals surface area contributed by atoms with E-state index in [4.69, 9.17) is 12.2 Å². The predicted molar refractivity (Wildman–Crippen MR) is 44.5 cm³/mol. The lowest BCUT2D eigenvalue weighted by Gasteiger charge is -1.90. The van der Waals surface area contributed by atoms with Crippen LogP contribution in [0.25, 0.3) is 0 Å². The van der Waals surface area contributed by atoms with Gasteiger partial charge in [0.15, 0.2) is 0 Å². The van der Waals surface area contributed by atoms with Crippen molar-refractivity contribution >= 4 is 39.9 Å². The van der Waals surface area contributed by atoms with Gasteiger partial charge in [0.2, 0.25) is 0 Å². The maximum absolute atomic E-state index is 4.90. The fraction of sp³-hybridized carbons (Fsp3) is 0.750. The summed E-state index contributed by atoms with van der Waals surface area (Å²) in [5, 5.41) is 0. The highest BCUT2D eigenvalue weighted by atomic mass is 32.2. The van der Waals surface area contributed by atoms with Crippen LogP contribution in [0.5, 0.6) is 0 Å². The molecule has 0 saturated carbocycles. The van der Waals surface area contributed by atoms with Gasteiger partial charge in [-0.05, 0) is 12.5 Å². The lowest BCUT2D eigenvalue weighted by molar-refractivity contribution is 2.11. The fourth-order valence-electron chi connectivity index (χ4n) is 0.177. The van der Waals surface area contributed by atoms with Gasteiger partial charge in [-0.2, -0.15) is 11.8 Å². The lowest BCUT2D eigenvalue weighted by Crippen LogP contribution is -1.87. The Morgan fingerprint density at radius 3 is 2.29 bits per heavy atom. The van der Waals surface area contributed by atoms with Crippen LogP contribution in [0.3, 0.4) is 0 Å². The van der Waals surface area contributed by atoms with Gasteiger partial charge in [0.25, 0.3) is 0 Å². The Labute approximate surface area is 58.4 Å². The zero-order valence-electron chi connectivity index (χ0n) is 4.43. The molecule has 0 amide bonds. The third-order valence-electron chi connectivity index (χ3n) is 0.490. The molecule has 0 aromatic heterocycles. The van der Waals surface area contributed by atoms with Crippen LogP contribution in [0, 0.1) is 0 Å². The van der Waals surface area contributed by atoms with Crippen molar-refractivity contribution < 1.29 is 0 Å². The van der Waals surface area contributed by atoms with E-state index in [-0.39, 0.29) is 0 Å². The van der Waals surface area contributed by atoms with Gasteiger partial charge in [-0.3, -0.25) is 0 Å². The van der Waals surface area contributed by atoms with E-state index in [0.717, 1.165) is 9.95 Å². The number of thiocarbonyl (C=S) groups is 1. The van der Waals surface area contributed by atoms with Crippen LogP contribution >= 0.6 is 35.7 Å². The Morgan fingerprint density at radius 2 is 2.14 bits per heavy atom. The fourth-order valence-corrected chi connectivity index (χ4v) is 1.59. The Hall–Kier alpha value is 0.790. The number of hydrogen-bond acceptors (Lipinski definition) is 3. The van der Waals surface area contributed by atoms with Crippen molar-refractivity contribution in [3.8, 4) is 0 Å². The molecule has 0 radical (unpaired) electrons. The number of thioether (sulfide) groups is 2. The van der Waals surface area contributed by atoms with Gasteiger partial charge in [0.05, 0.1) is 4.20 Å². The zero-order valence-corrected chi connectivity index (χ0v) is 6.88. The molecule has 0 unspecified atom stereocenters. The van der Waals surface area contributed by atoms with Gasteiger partial charge in [-0.15, -0.1) is 11.8 Å². The standard InChI is InChI=1S/C4H8S3/c1-6-3-4(5)7-2/h3H2,1-2H3. The van der Waals surface area contributed by atoms with Crippen LogP contribution in [0.4, 0.5) is 0 Å². The first-order valence-corrected chi connectivity index (χ1v) is 4.89. The molecule has 0 fully saturated rings. The Morgan fingerprint density at radius 1 is 1.57 bits per heavy atom. The molecule has 3 heteroatoms. The van der Waals surface area contributed by atoms with E-state index in [0.29, 0.717) is 0 Å². The van der Waals surface area contributed by atoms with Gasteiger partial charge < -0.3 is 0 Å². The van der Waals surface area contributed by atoms with Crippen molar-refractivity contribution in [1.29, 1.82) is 0 Å². The molecule has 42 valence electrons. The number of rotatable bonds is 2. The van der Waals surface area contributed by atoms with E-state index in [2.05, 4.69) is 6.26 Å². The molecule has 0 heterocycles. The smallest absolute Gasteiger partial charge is 0.0574 e. The summed E-state index contributed by atoms with van der Waals surface area (Å²) < 4.78 is 1.09. The molecule has 0 nitrogen and oxygen atoms in total. The largest absolute Gasteiger partial charge is 0.159 e. The van der Waals surface area contributed by atoms with E-state index in [1.807, 2.05) is 6.26 Å². The first-order chi connectivity index (χ1) is 3.31. The molecular weight excluding hydrogens is 144 g/mol. The van der Waals surface area contributed by atoms with E-state index in [9.17, 15) is 0 Å². The van der Waals surface area contributed by atoms with Gasteiger partial charge in [-0.1, -0.05) is 12.2 Å². The Kier molecular flexibility index (Phi) is 5.49. The third kappa shape index (κ3) is 4.65. The highest BCUT2D eigenvalue weighted by molar-refractivity contribution is 8.24. The molecule has 0 rings (SSSR count). The summed E-state index contributed by atoms with van der Waals surface area (Å²) in [4.78, 5) is 0. The number of hydrogen-bond donors (Lipinski definition) is 0. The SMILES string of the molecule is CSCC(=S)SC. The van der Waals surface area contributed by atoms with Gasteiger partial charge >= 0.3 is 0 Å². The Bertz CT molecular complexity index is 60.0. The topological polar surface area (TPSA) is 0 Å². The summed E-state index contributed by atoms with van der Waals surface area (Å²) >= 11 is 8.33. The Balaban J connectivity index is 3.00. The average molecular weight is 152 g/mol. The van der Waals surface area contributed by atoms with Crippen molar-refractivity contribution in [1.82, 2.24) is 0 Å². The highest BCUT2D eigenvalue weighted by Crippen LogP contribution is 2.03. The molecule has 0 aliphatic heterocycles. The van der Waals surface area contributed by atoms with Crippen molar-refractivity contribution in [2.75, 3.05) is 18.3 Å². The van der Waals surface area contributed by atoms with Gasteiger partial charge in [0, 0.05) is 5.75 Å². The van der Waals surface area contributed by atoms with Crippen LogP contribution in [-0.2, 0) is 0 Å². The molecule has 0 saturated heterocycles. The third-order valence-corrected chi connectivity index (χ3v) is 2.68. The average Bonchev–Trinajstić information content (AvgIpc) is 1.68. The van der Waals surface area contributed by atoms with E-state index in [1.54, 1.807) is 23.5 Å². The van der Waals surface area contributed by atoms with Crippen LogP contribution in [0.1, 0.15) is 0 Å². The second-order valence-corrected chi connectivity index (χ2v) is 3.53. The maximum Gasteiger partial charge on any atom is 0.0574 e. The molecule has 0 aliphatic carbocycles. The molecular formula is C4H8S3. The lowest BCUT2D eigenvalue weighted by atomic mass is 10.9. The summed E-state index contributed by atoms with van der Waals surface area (Å²) in [5.41, 5.74) is 0. The second kappa shape index (κ2) is 4.94. The molecule has 0 N–H and O–H groups in total. The molecule has 0 aliphatic rings. The normalized spacial score (nSPS) is 8.86. The molecule has 0 bridgehead atoms. The maximum atomic E-state index is 4.90. The van der Waals surface area contributed by atoms with E-state index >= 15 is 0 Å². The quantitative estimate of drug-likeness (QED) is 0.556. The summed E-state index contributed by atoms with van der Waals surface area (Å²) in [6.45, 7) is 0. The summed E-state index contributed by atoms with van der Waals surface area (Å²) in [6, 6.07) is 0. The minimum Gasteiger partial charge on any atom is -0.159 e. The molecule has 0 atom stereocenters. The summed E-state index contributed by atoms with van der Waals surface area (Å²) in [5.74, 6) is 1.01. The summed E-state index contributed by atoms with van der Waals surface area (Å²) in [7, 11) is 0. The van der Waals surface area contributed by atoms with E-state index in [1.165, 1.54) is 0 Å². The van der Waals surface area contributed by atoms with E-state index < -0.39 is 0 Å². The molecule has 7 heavy (non-hydrogen) atoms. The second-order valence-electron chi connectivity index (χ2n) is 1.01.